The number of allylic oxidation sites excluding steroid dienone is 1. The Morgan fingerprint density at radius 3 is 2.89 bits per heavy atom. The van der Waals surface area contributed by atoms with E-state index in [1.165, 1.54) is 11.8 Å². The van der Waals surface area contributed by atoms with E-state index in [2.05, 4.69) is 16.8 Å². The molecule has 0 bridgehead atoms. The van der Waals surface area contributed by atoms with Crippen molar-refractivity contribution in [1.82, 2.24) is 14.8 Å². The maximum absolute atomic E-state index is 11.7. The van der Waals surface area contributed by atoms with E-state index in [-0.39, 0.29) is 5.78 Å². The average molecular weight is 383 g/mol. The topological polar surface area (TPSA) is 70.2 Å². The maximum atomic E-state index is 11.7. The van der Waals surface area contributed by atoms with Gasteiger partial charge in [0.1, 0.15) is 5.75 Å². The van der Waals surface area contributed by atoms with Crippen LogP contribution in [0, 0.1) is 0 Å². The van der Waals surface area contributed by atoms with Crippen molar-refractivity contribution in [3.8, 4) is 17.3 Å². The molecule has 1 aromatic carbocycles. The molecule has 0 aliphatic heterocycles. The number of furan rings is 1. The van der Waals surface area contributed by atoms with Crippen LogP contribution in [0.15, 0.2) is 58.8 Å². The van der Waals surface area contributed by atoms with E-state index in [4.69, 9.17) is 9.15 Å². The Morgan fingerprint density at radius 1 is 1.37 bits per heavy atom. The number of ketones is 1. The van der Waals surface area contributed by atoms with Crippen LogP contribution in [0.5, 0.6) is 5.75 Å². The lowest BCUT2D eigenvalue weighted by atomic mass is 10.1. The third-order valence-corrected chi connectivity index (χ3v) is 4.91. The lowest BCUT2D eigenvalue weighted by molar-refractivity contribution is 0.101. The van der Waals surface area contributed by atoms with E-state index in [1.807, 2.05) is 35.8 Å². The third-order valence-electron chi connectivity index (χ3n) is 3.89. The van der Waals surface area contributed by atoms with Gasteiger partial charge in [0.25, 0.3) is 0 Å². The Labute approximate surface area is 162 Å². The Hall–Kier alpha value is -2.80. The van der Waals surface area contributed by atoms with Gasteiger partial charge in [-0.3, -0.25) is 9.36 Å². The molecule has 27 heavy (non-hydrogen) atoms. The number of rotatable bonds is 9. The summed E-state index contributed by atoms with van der Waals surface area (Å²) in [5.41, 5.74) is 1.61. The second-order valence-corrected chi connectivity index (χ2v) is 6.73. The summed E-state index contributed by atoms with van der Waals surface area (Å²) in [5.74, 6) is 2.72. The lowest BCUT2D eigenvalue weighted by Crippen LogP contribution is -2.02. The van der Waals surface area contributed by atoms with E-state index in [9.17, 15) is 4.79 Å². The van der Waals surface area contributed by atoms with Gasteiger partial charge in [-0.05, 0) is 44.2 Å². The van der Waals surface area contributed by atoms with E-state index in [0.717, 1.165) is 16.5 Å². The number of Topliss-reactive ketones (excluding diaryl/α,β-unsaturated/α-hetero) is 1. The third kappa shape index (κ3) is 4.31. The Bertz CT molecular complexity index is 932. The number of thioether (sulfide) groups is 1. The van der Waals surface area contributed by atoms with Crippen molar-refractivity contribution in [1.29, 1.82) is 0 Å². The fraction of sp³-hybridized carbons (Fsp3) is 0.250. The van der Waals surface area contributed by atoms with Crippen molar-refractivity contribution in [2.24, 2.45) is 0 Å². The van der Waals surface area contributed by atoms with E-state index in [0.29, 0.717) is 36.1 Å². The van der Waals surface area contributed by atoms with Crippen molar-refractivity contribution in [3.05, 3.63) is 60.4 Å². The predicted molar refractivity (Wildman–Crippen MR) is 105 cm³/mol. The molecular formula is C20H21N3O3S. The summed E-state index contributed by atoms with van der Waals surface area (Å²) in [5, 5.41) is 9.31. The summed E-state index contributed by atoms with van der Waals surface area (Å²) in [4.78, 5) is 11.7. The average Bonchev–Trinajstić information content (AvgIpc) is 3.31. The number of hydrogen-bond acceptors (Lipinski definition) is 6. The quantitative estimate of drug-likeness (QED) is 0.305. The molecule has 0 aliphatic carbocycles. The normalized spacial score (nSPS) is 10.7. The molecule has 0 unspecified atom stereocenters. The monoisotopic (exact) mass is 383 g/mol. The maximum Gasteiger partial charge on any atom is 0.200 e. The minimum Gasteiger partial charge on any atom is -0.494 e. The minimum absolute atomic E-state index is 0.0271. The van der Waals surface area contributed by atoms with Gasteiger partial charge in [-0.1, -0.05) is 17.8 Å². The molecule has 0 aliphatic rings. The van der Waals surface area contributed by atoms with Crippen LogP contribution in [0.4, 0.5) is 0 Å². The highest BCUT2D eigenvalue weighted by molar-refractivity contribution is 7.98. The number of carbonyl (C=O) groups excluding carboxylic acids is 1. The molecule has 3 rings (SSSR count). The molecule has 0 atom stereocenters. The highest BCUT2D eigenvalue weighted by Gasteiger charge is 2.16. The second kappa shape index (κ2) is 8.73. The predicted octanol–water partition coefficient (Wildman–Crippen LogP) is 4.62. The standard InChI is InChI=1S/C20H21N3O3S/c1-4-10-23-19(18-7-6-11-26-18)21-22-20(23)27-13-16-12-15(14(3)24)8-9-17(16)25-5-2/h4,6-9,11-12H,1,5,10,13H2,2-3H3. The van der Waals surface area contributed by atoms with Crippen LogP contribution < -0.4 is 4.74 Å². The first-order valence-electron chi connectivity index (χ1n) is 8.61. The number of hydrogen-bond donors (Lipinski definition) is 0. The molecule has 2 heterocycles. The smallest absolute Gasteiger partial charge is 0.200 e. The largest absolute Gasteiger partial charge is 0.494 e. The highest BCUT2D eigenvalue weighted by Crippen LogP contribution is 2.30. The number of carbonyl (C=O) groups is 1. The summed E-state index contributed by atoms with van der Waals surface area (Å²) >= 11 is 1.53. The van der Waals surface area contributed by atoms with Crippen molar-refractivity contribution in [2.45, 2.75) is 31.3 Å². The number of benzene rings is 1. The van der Waals surface area contributed by atoms with Crippen LogP contribution in [-0.2, 0) is 12.3 Å². The van der Waals surface area contributed by atoms with Gasteiger partial charge in [0.05, 0.1) is 12.9 Å². The van der Waals surface area contributed by atoms with Gasteiger partial charge < -0.3 is 9.15 Å². The number of aromatic nitrogens is 3. The molecule has 0 saturated carbocycles. The molecule has 140 valence electrons. The van der Waals surface area contributed by atoms with Crippen LogP contribution >= 0.6 is 11.8 Å². The Balaban J connectivity index is 1.87. The van der Waals surface area contributed by atoms with Gasteiger partial charge in [-0.2, -0.15) is 0 Å². The molecule has 2 aromatic heterocycles. The minimum atomic E-state index is 0.0271. The van der Waals surface area contributed by atoms with Crippen LogP contribution in [0.3, 0.4) is 0 Å². The lowest BCUT2D eigenvalue weighted by Gasteiger charge is -2.11. The molecule has 7 heteroatoms. The van der Waals surface area contributed by atoms with Crippen LogP contribution in [0.1, 0.15) is 29.8 Å². The van der Waals surface area contributed by atoms with Crippen molar-refractivity contribution in [3.63, 3.8) is 0 Å². The highest BCUT2D eigenvalue weighted by atomic mass is 32.2. The number of nitrogens with zero attached hydrogens (tertiary/aromatic N) is 3. The molecule has 0 spiro atoms. The van der Waals surface area contributed by atoms with E-state index in [1.54, 1.807) is 25.3 Å². The summed E-state index contributed by atoms with van der Waals surface area (Å²) in [6.45, 7) is 8.44. The van der Waals surface area contributed by atoms with Crippen molar-refractivity contribution < 1.29 is 13.9 Å². The molecular weight excluding hydrogens is 362 g/mol. The fourth-order valence-corrected chi connectivity index (χ4v) is 3.55. The van der Waals surface area contributed by atoms with Gasteiger partial charge >= 0.3 is 0 Å². The molecule has 3 aromatic rings. The summed E-state index contributed by atoms with van der Waals surface area (Å²) in [6.07, 6.45) is 3.40. The van der Waals surface area contributed by atoms with Gasteiger partial charge in [-0.25, -0.2) is 0 Å². The first-order chi connectivity index (χ1) is 13.1. The molecule has 0 amide bonds. The molecule has 0 fully saturated rings. The zero-order valence-corrected chi connectivity index (χ0v) is 16.2. The van der Waals surface area contributed by atoms with E-state index < -0.39 is 0 Å². The Morgan fingerprint density at radius 2 is 2.22 bits per heavy atom. The summed E-state index contributed by atoms with van der Waals surface area (Å²) in [6, 6.07) is 9.18. The molecule has 0 saturated heterocycles. The van der Waals surface area contributed by atoms with Crippen LogP contribution in [0.25, 0.3) is 11.6 Å². The van der Waals surface area contributed by atoms with Gasteiger partial charge in [0, 0.05) is 23.4 Å². The van der Waals surface area contributed by atoms with Gasteiger partial charge in [0.2, 0.25) is 5.82 Å². The molecule has 6 nitrogen and oxygen atoms in total. The van der Waals surface area contributed by atoms with E-state index >= 15 is 0 Å². The number of ether oxygens (including phenoxy) is 1. The summed E-state index contributed by atoms with van der Waals surface area (Å²) < 4.78 is 13.1. The van der Waals surface area contributed by atoms with Gasteiger partial charge in [-0.15, -0.1) is 16.8 Å². The SMILES string of the molecule is C=CCn1c(SCc2cc(C(C)=O)ccc2OCC)nnc1-c1ccco1. The first-order valence-corrected chi connectivity index (χ1v) is 9.60. The molecule has 0 N–H and O–H groups in total. The van der Waals surface area contributed by atoms with Crippen LogP contribution in [0.2, 0.25) is 0 Å². The zero-order valence-electron chi connectivity index (χ0n) is 15.3. The Kier molecular flexibility index (Phi) is 6.13. The van der Waals surface area contributed by atoms with Gasteiger partial charge in [0.15, 0.2) is 16.7 Å². The van der Waals surface area contributed by atoms with Crippen molar-refractivity contribution in [2.75, 3.05) is 6.61 Å². The van der Waals surface area contributed by atoms with Crippen LogP contribution in [-0.4, -0.2) is 27.2 Å². The first kappa shape index (κ1) is 19.0. The summed E-state index contributed by atoms with van der Waals surface area (Å²) in [7, 11) is 0. The van der Waals surface area contributed by atoms with Crippen molar-refractivity contribution >= 4 is 17.5 Å². The zero-order chi connectivity index (χ0) is 19.2. The fourth-order valence-electron chi connectivity index (χ4n) is 2.63. The second-order valence-electron chi connectivity index (χ2n) is 5.78. The molecule has 0 radical (unpaired) electrons.